The van der Waals surface area contributed by atoms with Gasteiger partial charge in [0.1, 0.15) is 0 Å². The van der Waals surface area contributed by atoms with Gasteiger partial charge in [0.15, 0.2) is 0 Å². The van der Waals surface area contributed by atoms with Crippen molar-refractivity contribution in [3.8, 4) is 0 Å². The summed E-state index contributed by atoms with van der Waals surface area (Å²) in [5, 5.41) is 0.895. The Hall–Kier alpha value is -2.43. The molecule has 202 valence electrons. The van der Waals surface area contributed by atoms with Crippen LogP contribution in [0.5, 0.6) is 0 Å². The average molecular weight is 549 g/mol. The highest BCUT2D eigenvalue weighted by Crippen LogP contribution is 2.62. The molecular weight excluding hydrogens is 538 g/mol. The van der Waals surface area contributed by atoms with Crippen molar-refractivity contribution in [3.63, 3.8) is 0 Å². The van der Waals surface area contributed by atoms with Crippen LogP contribution in [0.15, 0.2) is 24.3 Å². The Labute approximate surface area is 184 Å². The molecule has 1 rings (SSSR count). The third-order valence-corrected chi connectivity index (χ3v) is 4.52. The van der Waals surface area contributed by atoms with Crippen LogP contribution in [-0.4, -0.2) is 53.8 Å². The Morgan fingerprint density at radius 1 is 0.686 bits per heavy atom. The molecule has 0 heterocycles. The molecule has 1 aromatic rings. The first kappa shape index (κ1) is 30.6. The number of rotatable bonds is 10. The van der Waals surface area contributed by atoms with Gasteiger partial charge in [0, 0.05) is 6.54 Å². The molecule has 0 aliphatic rings. The molecule has 35 heavy (non-hydrogen) atoms. The van der Waals surface area contributed by atoms with Crippen molar-refractivity contribution in [3.05, 3.63) is 35.4 Å². The van der Waals surface area contributed by atoms with Gasteiger partial charge in [-0.1, -0.05) is 29.8 Å². The molecule has 0 radical (unpaired) electrons. The standard InChI is InChI=1S/C17H11F16NO/c1-7-2-4-8(5-3-7)6-34-10(35)12(22,23)14(26,27)16(30,31)17(32,33)15(28,29)13(24,25)11(20,21)9(18)19/h2-5,9H,6H2,1H3,(H,34,35). The van der Waals surface area contributed by atoms with E-state index >= 15 is 0 Å². The lowest BCUT2D eigenvalue weighted by molar-refractivity contribution is -0.443. The van der Waals surface area contributed by atoms with Crippen molar-refractivity contribution >= 4 is 5.91 Å². The zero-order chi connectivity index (χ0) is 28.1. The zero-order valence-electron chi connectivity index (χ0n) is 16.5. The van der Waals surface area contributed by atoms with Crippen LogP contribution in [0.3, 0.4) is 0 Å². The van der Waals surface area contributed by atoms with E-state index in [1.807, 2.05) is 0 Å². The maximum absolute atomic E-state index is 13.8. The normalized spacial score (nSPS) is 14.9. The maximum Gasteiger partial charge on any atom is 0.392 e. The lowest BCUT2D eigenvalue weighted by Crippen LogP contribution is -2.74. The molecule has 1 N–H and O–H groups in total. The summed E-state index contributed by atoms with van der Waals surface area (Å²) in [5.74, 6) is -59.5. The Kier molecular flexibility index (Phi) is 7.78. The van der Waals surface area contributed by atoms with Gasteiger partial charge >= 0.3 is 47.9 Å². The predicted molar refractivity (Wildman–Crippen MR) is 83.7 cm³/mol. The number of hydrogen-bond donors (Lipinski definition) is 1. The van der Waals surface area contributed by atoms with E-state index in [1.54, 1.807) is 0 Å². The molecule has 1 amide bonds. The van der Waals surface area contributed by atoms with Crippen molar-refractivity contribution in [1.82, 2.24) is 5.32 Å². The molecule has 0 saturated carbocycles. The van der Waals surface area contributed by atoms with E-state index in [-0.39, 0.29) is 5.56 Å². The van der Waals surface area contributed by atoms with Crippen molar-refractivity contribution in [1.29, 1.82) is 0 Å². The summed E-state index contributed by atoms with van der Waals surface area (Å²) in [6, 6.07) is 4.72. The Morgan fingerprint density at radius 2 is 1.06 bits per heavy atom. The van der Waals surface area contributed by atoms with Crippen molar-refractivity contribution in [2.75, 3.05) is 0 Å². The first-order chi connectivity index (χ1) is 15.3. The fourth-order valence-electron chi connectivity index (χ4n) is 2.28. The second-order valence-corrected chi connectivity index (χ2v) is 7.04. The molecule has 0 unspecified atom stereocenters. The predicted octanol–water partition coefficient (Wildman–Crippen LogP) is 6.32. The molecule has 0 atom stereocenters. The average Bonchev–Trinajstić information content (AvgIpc) is 2.71. The van der Waals surface area contributed by atoms with Gasteiger partial charge in [-0.15, -0.1) is 0 Å². The summed E-state index contributed by atoms with van der Waals surface area (Å²) >= 11 is 0. The van der Waals surface area contributed by atoms with E-state index in [1.165, 1.54) is 19.1 Å². The van der Waals surface area contributed by atoms with Crippen LogP contribution in [0.4, 0.5) is 70.2 Å². The largest absolute Gasteiger partial charge is 0.392 e. The summed E-state index contributed by atoms with van der Waals surface area (Å²) in [7, 11) is 0. The summed E-state index contributed by atoms with van der Waals surface area (Å²) in [5.41, 5.74) is 0.398. The lowest BCUT2D eigenvalue weighted by Gasteiger charge is -2.42. The third-order valence-electron chi connectivity index (χ3n) is 4.52. The van der Waals surface area contributed by atoms with Gasteiger partial charge < -0.3 is 5.32 Å². The Morgan fingerprint density at radius 3 is 1.46 bits per heavy atom. The zero-order valence-corrected chi connectivity index (χ0v) is 16.5. The van der Waals surface area contributed by atoms with E-state index < -0.39 is 60.3 Å². The van der Waals surface area contributed by atoms with E-state index in [0.29, 0.717) is 5.56 Å². The number of nitrogens with one attached hydrogen (secondary N) is 1. The quantitative estimate of drug-likeness (QED) is 0.340. The molecule has 2 nitrogen and oxygen atoms in total. The fourth-order valence-corrected chi connectivity index (χ4v) is 2.28. The first-order valence-corrected chi connectivity index (χ1v) is 8.60. The Bertz CT molecular complexity index is 909. The Balaban J connectivity index is 3.41. The minimum atomic E-state index is -8.54. The van der Waals surface area contributed by atoms with E-state index in [2.05, 4.69) is 0 Å². The molecule has 0 saturated heterocycles. The monoisotopic (exact) mass is 549 g/mol. The smallest absolute Gasteiger partial charge is 0.347 e. The second-order valence-electron chi connectivity index (χ2n) is 7.04. The number of hydrogen-bond acceptors (Lipinski definition) is 1. The van der Waals surface area contributed by atoms with Crippen LogP contribution in [0.2, 0.25) is 0 Å². The van der Waals surface area contributed by atoms with Crippen LogP contribution >= 0.6 is 0 Å². The molecular formula is C17H11F16NO. The molecule has 0 aliphatic heterocycles. The molecule has 0 fully saturated rings. The van der Waals surface area contributed by atoms with Gasteiger partial charge in [-0.2, -0.15) is 61.5 Å². The van der Waals surface area contributed by atoms with Crippen LogP contribution in [0.1, 0.15) is 11.1 Å². The van der Waals surface area contributed by atoms with Gasteiger partial charge in [-0.25, -0.2) is 8.78 Å². The molecule has 0 aliphatic carbocycles. The van der Waals surface area contributed by atoms with Crippen LogP contribution in [0, 0.1) is 6.92 Å². The molecule has 18 heteroatoms. The van der Waals surface area contributed by atoms with E-state index in [4.69, 9.17) is 0 Å². The minimum absolute atomic E-state index is 0.152. The lowest BCUT2D eigenvalue weighted by atomic mass is 9.89. The highest BCUT2D eigenvalue weighted by atomic mass is 19.4. The maximum atomic E-state index is 13.8. The van der Waals surface area contributed by atoms with Gasteiger partial charge in [0.05, 0.1) is 0 Å². The fraction of sp³-hybridized carbons (Fsp3) is 0.588. The highest BCUT2D eigenvalue weighted by molar-refractivity contribution is 5.84. The topological polar surface area (TPSA) is 29.1 Å². The summed E-state index contributed by atoms with van der Waals surface area (Å²) in [6.45, 7) is 0.372. The van der Waals surface area contributed by atoms with Crippen molar-refractivity contribution < 1.29 is 75.0 Å². The van der Waals surface area contributed by atoms with Crippen LogP contribution in [-0.2, 0) is 11.3 Å². The number of carbonyl (C=O) groups is 1. The van der Waals surface area contributed by atoms with Crippen LogP contribution < -0.4 is 5.32 Å². The van der Waals surface area contributed by atoms with E-state index in [9.17, 15) is 75.0 Å². The first-order valence-electron chi connectivity index (χ1n) is 8.60. The van der Waals surface area contributed by atoms with Gasteiger partial charge in [0.25, 0.3) is 5.91 Å². The summed E-state index contributed by atoms with van der Waals surface area (Å²) in [4.78, 5) is 11.3. The number of benzene rings is 1. The summed E-state index contributed by atoms with van der Waals surface area (Å²) < 4.78 is 212. The second kappa shape index (κ2) is 8.90. The number of carbonyl (C=O) groups excluding carboxylic acids is 1. The van der Waals surface area contributed by atoms with Gasteiger partial charge in [0.2, 0.25) is 0 Å². The number of aryl methyl sites for hydroxylation is 1. The minimum Gasteiger partial charge on any atom is -0.347 e. The highest BCUT2D eigenvalue weighted by Gasteiger charge is 2.94. The number of halogens is 16. The summed E-state index contributed by atoms with van der Waals surface area (Å²) in [6.07, 6.45) is -5.91. The molecule has 0 aromatic heterocycles. The third kappa shape index (κ3) is 4.47. The van der Waals surface area contributed by atoms with E-state index in [0.717, 1.165) is 17.4 Å². The van der Waals surface area contributed by atoms with Gasteiger partial charge in [-0.05, 0) is 12.5 Å². The molecule has 1 aromatic carbocycles. The van der Waals surface area contributed by atoms with Crippen molar-refractivity contribution in [2.24, 2.45) is 0 Å². The number of alkyl halides is 16. The SMILES string of the molecule is Cc1ccc(CNC(=O)C(F)(F)C(F)(F)C(F)(F)C(F)(F)C(F)(F)C(F)(F)C(F)(F)C(F)F)cc1. The van der Waals surface area contributed by atoms with Crippen LogP contribution in [0.25, 0.3) is 0 Å². The molecule has 0 spiro atoms. The van der Waals surface area contributed by atoms with Gasteiger partial charge in [-0.3, -0.25) is 4.79 Å². The number of amides is 1. The molecule has 0 bridgehead atoms. The van der Waals surface area contributed by atoms with Crippen molar-refractivity contribution in [2.45, 2.75) is 61.4 Å².